The molecule has 2 aromatic heterocycles. The van der Waals surface area contributed by atoms with E-state index in [1.807, 2.05) is 18.2 Å². The number of carbonyl (C=O) groups excluding carboxylic acids is 1. The van der Waals surface area contributed by atoms with Gasteiger partial charge >= 0.3 is 0 Å². The number of aliphatic hydroxyl groups is 1. The predicted octanol–water partition coefficient (Wildman–Crippen LogP) is 8.96. The number of benzene rings is 3. The Morgan fingerprint density at radius 3 is 2.15 bits per heavy atom. The van der Waals surface area contributed by atoms with E-state index in [1.165, 1.54) is 31.1 Å². The molecule has 0 aliphatic carbocycles. The fraction of sp³-hybridized carbons (Fsp3) is 0.176. The zero-order valence-electron chi connectivity index (χ0n) is 22.8. The van der Waals surface area contributed by atoms with E-state index >= 15 is 0 Å². The molecule has 1 radical (unpaired) electrons. The summed E-state index contributed by atoms with van der Waals surface area (Å²) in [7, 11) is 0. The molecule has 0 atom stereocenters. The van der Waals surface area contributed by atoms with Crippen molar-refractivity contribution in [2.75, 3.05) is 0 Å². The molecule has 0 spiro atoms. The molecule has 1 N–H and O–H groups in total. The summed E-state index contributed by atoms with van der Waals surface area (Å²) in [5.41, 5.74) is 7.28. The fourth-order valence-corrected chi connectivity index (χ4v) is 4.06. The summed E-state index contributed by atoms with van der Waals surface area (Å²) >= 11 is 0. The molecule has 4 nitrogen and oxygen atoms in total. The van der Waals surface area contributed by atoms with Crippen LogP contribution in [0.15, 0.2) is 107 Å². The van der Waals surface area contributed by atoms with Gasteiger partial charge in [-0.3, -0.25) is 9.78 Å². The first-order valence-corrected chi connectivity index (χ1v) is 12.6. The van der Waals surface area contributed by atoms with Gasteiger partial charge in [-0.15, -0.1) is 35.4 Å². The van der Waals surface area contributed by atoms with E-state index < -0.39 is 0 Å². The molecular weight excluding hydrogens is 663 g/mol. The van der Waals surface area contributed by atoms with Gasteiger partial charge in [0.25, 0.3) is 0 Å². The molecule has 2 heterocycles. The third-order valence-corrected chi connectivity index (χ3v) is 6.02. The Morgan fingerprint density at radius 2 is 1.56 bits per heavy atom. The van der Waals surface area contributed by atoms with Crippen LogP contribution in [0.1, 0.15) is 40.2 Å². The molecule has 201 valence electrons. The Balaban J connectivity index is 0.000000468. The van der Waals surface area contributed by atoms with Crippen LogP contribution in [0.2, 0.25) is 0 Å². The zero-order chi connectivity index (χ0) is 27.3. The maximum atomic E-state index is 10.0. The van der Waals surface area contributed by atoms with Gasteiger partial charge in [0.1, 0.15) is 5.76 Å². The molecular formula is C34H32IrNO3-. The molecule has 0 aliphatic heterocycles. The van der Waals surface area contributed by atoms with Crippen LogP contribution in [0.3, 0.4) is 0 Å². The summed E-state index contributed by atoms with van der Waals surface area (Å²) in [5, 5.41) is 9.36. The van der Waals surface area contributed by atoms with E-state index in [4.69, 9.17) is 14.5 Å². The summed E-state index contributed by atoms with van der Waals surface area (Å²) < 4.78 is 6.13. The molecule has 0 fully saturated rings. The average molecular weight is 695 g/mol. The fourth-order valence-electron chi connectivity index (χ4n) is 4.06. The van der Waals surface area contributed by atoms with Crippen LogP contribution < -0.4 is 0 Å². The Kier molecular flexibility index (Phi) is 9.80. The molecule has 0 aliphatic rings. The minimum Gasteiger partial charge on any atom is -0.512 e. The average Bonchev–Trinajstić information content (AvgIpc) is 3.32. The standard InChI is InChI=1S/C29H24NO.C5H8O2.Ir/c1-29(2,3)25-15-12-21(13-16-25)27-19-24-14-17-26(30-28(24)31-27)23-11-7-10-22(18-23)20-8-5-4-6-9-20;1-4(6)3-5(2)7;/h4-10,12-19H,1-3H3;3,6H,1-2H3;/q-1;;/b;4-3-;. The topological polar surface area (TPSA) is 63.3 Å². The van der Waals surface area contributed by atoms with E-state index in [0.29, 0.717) is 5.71 Å². The van der Waals surface area contributed by atoms with E-state index in [-0.39, 0.29) is 37.1 Å². The molecule has 0 unspecified atom stereocenters. The van der Waals surface area contributed by atoms with Crippen LogP contribution in [-0.4, -0.2) is 15.9 Å². The number of hydrogen-bond donors (Lipinski definition) is 1. The molecule has 0 saturated heterocycles. The van der Waals surface area contributed by atoms with Gasteiger partial charge in [0.05, 0.1) is 5.76 Å². The maximum absolute atomic E-state index is 10.0. The van der Waals surface area contributed by atoms with Crippen molar-refractivity contribution in [2.24, 2.45) is 0 Å². The number of allylic oxidation sites excluding steroid dienone is 2. The first-order chi connectivity index (χ1) is 18.1. The number of furan rings is 1. The van der Waals surface area contributed by atoms with Gasteiger partial charge < -0.3 is 9.52 Å². The summed E-state index contributed by atoms with van der Waals surface area (Å²) in [6.07, 6.45) is 1.17. The van der Waals surface area contributed by atoms with Crippen molar-refractivity contribution >= 4 is 16.9 Å². The number of ketones is 1. The summed E-state index contributed by atoms with van der Waals surface area (Å²) in [4.78, 5) is 14.8. The number of carbonyl (C=O) groups is 1. The Morgan fingerprint density at radius 1 is 0.872 bits per heavy atom. The Labute approximate surface area is 243 Å². The zero-order valence-corrected chi connectivity index (χ0v) is 25.2. The van der Waals surface area contributed by atoms with Crippen LogP contribution in [-0.2, 0) is 30.3 Å². The second-order valence-corrected chi connectivity index (χ2v) is 10.3. The minimum absolute atomic E-state index is 0. The summed E-state index contributed by atoms with van der Waals surface area (Å²) in [5.74, 6) is 0.773. The predicted molar refractivity (Wildman–Crippen MR) is 155 cm³/mol. The van der Waals surface area contributed by atoms with Crippen LogP contribution in [0, 0.1) is 6.07 Å². The third-order valence-electron chi connectivity index (χ3n) is 6.02. The van der Waals surface area contributed by atoms with Gasteiger partial charge in [0, 0.05) is 37.1 Å². The van der Waals surface area contributed by atoms with Crippen LogP contribution >= 0.6 is 0 Å². The van der Waals surface area contributed by atoms with Crippen molar-refractivity contribution in [3.8, 4) is 33.7 Å². The molecule has 0 amide bonds. The molecule has 39 heavy (non-hydrogen) atoms. The third kappa shape index (κ3) is 7.86. The Hall–Kier alpha value is -3.79. The van der Waals surface area contributed by atoms with Crippen molar-refractivity contribution < 1.29 is 34.4 Å². The summed E-state index contributed by atoms with van der Waals surface area (Å²) in [6.45, 7) is 9.51. The number of rotatable bonds is 4. The second kappa shape index (κ2) is 12.8. The van der Waals surface area contributed by atoms with Crippen molar-refractivity contribution in [2.45, 2.75) is 40.0 Å². The van der Waals surface area contributed by atoms with E-state index in [1.54, 1.807) is 0 Å². The van der Waals surface area contributed by atoms with E-state index in [2.05, 4.69) is 99.6 Å². The Bertz CT molecular complexity index is 1570. The van der Waals surface area contributed by atoms with Crippen LogP contribution in [0.5, 0.6) is 0 Å². The van der Waals surface area contributed by atoms with Crippen molar-refractivity contribution in [1.82, 2.24) is 4.98 Å². The number of nitrogens with zero attached hydrogens (tertiary/aromatic N) is 1. The second-order valence-electron chi connectivity index (χ2n) is 10.3. The van der Waals surface area contributed by atoms with Gasteiger partial charge in [-0.25, -0.2) is 0 Å². The van der Waals surface area contributed by atoms with Crippen molar-refractivity contribution in [3.05, 3.63) is 114 Å². The van der Waals surface area contributed by atoms with Gasteiger partial charge in [0.15, 0.2) is 5.78 Å². The quantitative estimate of drug-likeness (QED) is 0.116. The van der Waals surface area contributed by atoms with Gasteiger partial charge in [-0.05, 0) is 42.1 Å². The number of pyridine rings is 1. The SMILES string of the molecule is CC(=O)/C=C(/C)O.CC(C)(C)c1ccc(-c2cc3ccc(-c4[c-]ccc(-c5ccccc5)c4)nc3o2)cc1.[Ir]. The molecule has 5 rings (SSSR count). The molecule has 0 bridgehead atoms. The van der Waals surface area contributed by atoms with Gasteiger partial charge in [0.2, 0.25) is 5.71 Å². The number of hydrogen-bond acceptors (Lipinski definition) is 4. The number of aliphatic hydroxyl groups excluding tert-OH is 1. The smallest absolute Gasteiger partial charge is 0.217 e. The maximum Gasteiger partial charge on any atom is 0.217 e. The first kappa shape index (κ1) is 29.8. The summed E-state index contributed by atoms with van der Waals surface area (Å²) in [6, 6.07) is 34.6. The monoisotopic (exact) mass is 695 g/mol. The minimum atomic E-state index is -0.125. The van der Waals surface area contributed by atoms with Gasteiger partial charge in [-0.1, -0.05) is 87.5 Å². The number of aromatic nitrogens is 1. The normalized spacial score (nSPS) is 11.4. The van der Waals surface area contributed by atoms with Crippen LogP contribution in [0.25, 0.3) is 44.8 Å². The molecule has 5 aromatic rings. The van der Waals surface area contributed by atoms with Crippen molar-refractivity contribution in [1.29, 1.82) is 0 Å². The van der Waals surface area contributed by atoms with E-state index in [0.717, 1.165) is 33.5 Å². The van der Waals surface area contributed by atoms with Gasteiger partial charge in [-0.2, -0.15) is 0 Å². The molecule has 5 heteroatoms. The first-order valence-electron chi connectivity index (χ1n) is 12.6. The number of fused-ring (bicyclic) bond motifs is 1. The van der Waals surface area contributed by atoms with Crippen molar-refractivity contribution in [3.63, 3.8) is 0 Å². The molecule has 3 aromatic carbocycles. The van der Waals surface area contributed by atoms with E-state index in [9.17, 15) is 4.79 Å². The van der Waals surface area contributed by atoms with Crippen LogP contribution in [0.4, 0.5) is 0 Å². The molecule has 0 saturated carbocycles. The largest absolute Gasteiger partial charge is 0.512 e.